The molecule has 0 saturated carbocycles. The quantitative estimate of drug-likeness (QED) is 0.598. The van der Waals surface area contributed by atoms with Crippen molar-refractivity contribution in [1.82, 2.24) is 10.2 Å². The molecule has 2 aromatic carbocycles. The summed E-state index contributed by atoms with van der Waals surface area (Å²) < 4.78 is 11.9. The lowest BCUT2D eigenvalue weighted by molar-refractivity contribution is -0.150. The minimum atomic E-state index is -0.145. The molecule has 0 spiro atoms. The second-order valence-corrected chi connectivity index (χ2v) is 8.69. The van der Waals surface area contributed by atoms with E-state index >= 15 is 0 Å². The summed E-state index contributed by atoms with van der Waals surface area (Å²) in [6.45, 7) is 6.36. The number of fused-ring (bicyclic) bond motifs is 2. The Balaban J connectivity index is 1.55. The fourth-order valence-electron chi connectivity index (χ4n) is 4.20. The van der Waals surface area contributed by atoms with Crippen LogP contribution in [0.3, 0.4) is 0 Å². The molecule has 0 bridgehead atoms. The van der Waals surface area contributed by atoms with Gasteiger partial charge in [-0.3, -0.25) is 4.79 Å². The normalized spacial score (nSPS) is 18.5. The van der Waals surface area contributed by atoms with Crippen LogP contribution in [-0.4, -0.2) is 48.5 Å². The van der Waals surface area contributed by atoms with E-state index in [4.69, 9.17) is 26.1 Å². The van der Waals surface area contributed by atoms with Gasteiger partial charge in [0, 0.05) is 30.7 Å². The number of hydrogen-bond acceptors (Lipinski definition) is 6. The molecule has 2 heterocycles. The Bertz CT molecular complexity index is 994. The summed E-state index contributed by atoms with van der Waals surface area (Å²) in [5.41, 5.74) is 1.63. The highest BCUT2D eigenvalue weighted by Crippen LogP contribution is 2.39. The van der Waals surface area contributed by atoms with Crippen LogP contribution in [0.1, 0.15) is 45.1 Å². The first-order valence-corrected chi connectivity index (χ1v) is 11.8. The van der Waals surface area contributed by atoms with E-state index in [1.807, 2.05) is 36.4 Å². The largest absolute Gasteiger partial charge is 0.462 e. The van der Waals surface area contributed by atoms with Crippen LogP contribution < -0.4 is 10.1 Å². The zero-order valence-electron chi connectivity index (χ0n) is 18.6. The highest BCUT2D eigenvalue weighted by atomic mass is 35.5. The number of carbonyl (C=O) groups is 1. The van der Waals surface area contributed by atoms with Crippen molar-refractivity contribution in [3.63, 3.8) is 0 Å². The number of amidine groups is 1. The van der Waals surface area contributed by atoms with E-state index in [-0.39, 0.29) is 18.1 Å². The molecule has 4 rings (SSSR count). The SMILES string of the molecule is CCC[C@@H](CC)OC(=O)C[C@H]1CN(C2=Nc3cc(Cl)ccc3Oc3ccccc32)CCN1. The Morgan fingerprint density at radius 1 is 1.28 bits per heavy atom. The first-order chi connectivity index (χ1) is 15.6. The number of rotatable bonds is 6. The molecule has 0 aromatic heterocycles. The van der Waals surface area contributed by atoms with Crippen LogP contribution in [0.15, 0.2) is 47.5 Å². The van der Waals surface area contributed by atoms with E-state index in [0.29, 0.717) is 29.4 Å². The highest BCUT2D eigenvalue weighted by Gasteiger charge is 2.29. The molecule has 0 unspecified atom stereocenters. The monoisotopic (exact) mass is 455 g/mol. The number of halogens is 1. The van der Waals surface area contributed by atoms with Gasteiger partial charge in [0.1, 0.15) is 23.4 Å². The van der Waals surface area contributed by atoms with Crippen molar-refractivity contribution in [3.05, 3.63) is 53.1 Å². The minimum Gasteiger partial charge on any atom is -0.462 e. The average Bonchev–Trinajstić information content (AvgIpc) is 2.95. The smallest absolute Gasteiger partial charge is 0.307 e. The Morgan fingerprint density at radius 2 is 2.12 bits per heavy atom. The molecule has 2 aliphatic rings. The molecule has 1 N–H and O–H groups in total. The number of hydrogen-bond donors (Lipinski definition) is 1. The Labute approximate surface area is 194 Å². The first-order valence-electron chi connectivity index (χ1n) is 11.4. The van der Waals surface area contributed by atoms with Crippen LogP contribution in [0.25, 0.3) is 0 Å². The van der Waals surface area contributed by atoms with E-state index in [9.17, 15) is 4.79 Å². The fourth-order valence-corrected chi connectivity index (χ4v) is 4.36. The number of nitrogens with one attached hydrogen (secondary N) is 1. The van der Waals surface area contributed by atoms with E-state index < -0.39 is 0 Å². The van der Waals surface area contributed by atoms with Gasteiger partial charge >= 0.3 is 5.97 Å². The molecule has 32 heavy (non-hydrogen) atoms. The molecule has 0 radical (unpaired) electrons. The molecule has 0 aliphatic carbocycles. The molecule has 7 heteroatoms. The van der Waals surface area contributed by atoms with Gasteiger partial charge in [-0.1, -0.05) is 44.0 Å². The predicted molar refractivity (Wildman–Crippen MR) is 127 cm³/mol. The summed E-state index contributed by atoms with van der Waals surface area (Å²) in [5.74, 6) is 2.12. The molecule has 6 nitrogen and oxygen atoms in total. The zero-order chi connectivity index (χ0) is 22.5. The first kappa shape index (κ1) is 22.6. The van der Waals surface area contributed by atoms with Crippen molar-refractivity contribution in [2.75, 3.05) is 19.6 Å². The summed E-state index contributed by atoms with van der Waals surface area (Å²) in [5, 5.41) is 4.07. The van der Waals surface area contributed by atoms with Gasteiger partial charge in [-0.15, -0.1) is 0 Å². The Morgan fingerprint density at radius 3 is 2.94 bits per heavy atom. The number of nitrogens with zero attached hydrogens (tertiary/aromatic N) is 2. The third-order valence-corrected chi connectivity index (χ3v) is 6.06. The number of piperazine rings is 1. The number of benzene rings is 2. The third-order valence-electron chi connectivity index (χ3n) is 5.83. The van der Waals surface area contributed by atoms with Gasteiger partial charge in [-0.2, -0.15) is 0 Å². The number of carbonyl (C=O) groups excluding carboxylic acids is 1. The molecule has 2 atom stereocenters. The van der Waals surface area contributed by atoms with Gasteiger partial charge < -0.3 is 19.7 Å². The summed E-state index contributed by atoms with van der Waals surface area (Å²) in [6.07, 6.45) is 3.10. The Kier molecular flexibility index (Phi) is 7.33. The summed E-state index contributed by atoms with van der Waals surface area (Å²) in [7, 11) is 0. The lowest BCUT2D eigenvalue weighted by Gasteiger charge is -2.35. The van der Waals surface area contributed by atoms with Gasteiger partial charge in [-0.05, 0) is 43.2 Å². The second-order valence-electron chi connectivity index (χ2n) is 8.26. The van der Waals surface area contributed by atoms with Crippen LogP contribution in [0.5, 0.6) is 11.5 Å². The predicted octanol–water partition coefficient (Wildman–Crippen LogP) is 5.31. The maximum absolute atomic E-state index is 12.5. The molecule has 2 aromatic rings. The molecule has 2 aliphatic heterocycles. The lowest BCUT2D eigenvalue weighted by atomic mass is 10.1. The highest BCUT2D eigenvalue weighted by molar-refractivity contribution is 6.31. The maximum atomic E-state index is 12.5. The van der Waals surface area contributed by atoms with Gasteiger partial charge in [0.2, 0.25) is 0 Å². The maximum Gasteiger partial charge on any atom is 0.307 e. The van der Waals surface area contributed by atoms with Crippen LogP contribution in [0.2, 0.25) is 5.02 Å². The molecule has 170 valence electrons. The van der Waals surface area contributed by atoms with Crippen molar-refractivity contribution >= 4 is 29.1 Å². The zero-order valence-corrected chi connectivity index (χ0v) is 19.4. The Hall–Kier alpha value is -2.57. The van der Waals surface area contributed by atoms with Crippen molar-refractivity contribution in [3.8, 4) is 11.5 Å². The molecule has 0 amide bonds. The molecule has 1 fully saturated rings. The second kappa shape index (κ2) is 10.4. The average molecular weight is 456 g/mol. The summed E-state index contributed by atoms with van der Waals surface area (Å²) in [4.78, 5) is 19.7. The van der Waals surface area contributed by atoms with Crippen molar-refractivity contribution in [2.45, 2.75) is 51.7 Å². The van der Waals surface area contributed by atoms with Gasteiger partial charge in [0.15, 0.2) is 5.75 Å². The van der Waals surface area contributed by atoms with Crippen LogP contribution >= 0.6 is 11.6 Å². The van der Waals surface area contributed by atoms with Crippen LogP contribution in [0, 0.1) is 0 Å². The standard InChI is InChI=1S/C25H30ClN3O3/c1-3-7-19(4-2)31-24(30)15-18-16-29(13-12-27-18)25-20-8-5-6-9-22(20)32-23-11-10-17(26)14-21(23)28-25/h5-6,8-11,14,18-19,27H,3-4,7,12-13,15-16H2,1-2H3/t18-,19+/m0/s1. The number of esters is 1. The summed E-state index contributed by atoms with van der Waals surface area (Å²) >= 11 is 6.23. The summed E-state index contributed by atoms with van der Waals surface area (Å²) in [6, 6.07) is 13.4. The molecular formula is C25H30ClN3O3. The van der Waals surface area contributed by atoms with Crippen molar-refractivity contribution in [2.24, 2.45) is 4.99 Å². The number of para-hydroxylation sites is 1. The van der Waals surface area contributed by atoms with E-state index in [1.54, 1.807) is 6.07 Å². The molecular weight excluding hydrogens is 426 g/mol. The lowest BCUT2D eigenvalue weighted by Crippen LogP contribution is -2.53. The van der Waals surface area contributed by atoms with Crippen molar-refractivity contribution < 1.29 is 14.3 Å². The van der Waals surface area contributed by atoms with Crippen molar-refractivity contribution in [1.29, 1.82) is 0 Å². The van der Waals surface area contributed by atoms with Crippen LogP contribution in [-0.2, 0) is 9.53 Å². The van der Waals surface area contributed by atoms with Crippen LogP contribution in [0.4, 0.5) is 5.69 Å². The van der Waals surface area contributed by atoms with Gasteiger partial charge in [-0.25, -0.2) is 4.99 Å². The molecule has 1 saturated heterocycles. The number of aliphatic imine (C=N–C) groups is 1. The van der Waals surface area contributed by atoms with E-state index in [2.05, 4.69) is 24.1 Å². The third kappa shape index (κ3) is 5.25. The van der Waals surface area contributed by atoms with Gasteiger partial charge in [0.25, 0.3) is 0 Å². The topological polar surface area (TPSA) is 63.2 Å². The minimum absolute atomic E-state index is 0.00343. The van der Waals surface area contributed by atoms with Gasteiger partial charge in [0.05, 0.1) is 12.0 Å². The van der Waals surface area contributed by atoms with E-state index in [1.165, 1.54) is 0 Å². The van der Waals surface area contributed by atoms with E-state index in [0.717, 1.165) is 49.5 Å². The fraction of sp³-hybridized carbons (Fsp3) is 0.440. The number of ether oxygens (including phenoxy) is 2.